The summed E-state index contributed by atoms with van der Waals surface area (Å²) < 4.78 is 4.78. The highest BCUT2D eigenvalue weighted by Crippen LogP contribution is 2.34. The molecule has 8 nitrogen and oxygen atoms in total. The van der Waals surface area contributed by atoms with Crippen LogP contribution in [-0.4, -0.2) is 33.5 Å². The fourth-order valence-corrected chi connectivity index (χ4v) is 2.61. The Hall–Kier alpha value is -1.80. The lowest BCUT2D eigenvalue weighted by Gasteiger charge is -2.39. The molecular formula is C12H15ClN4O4. The number of hydrogen-bond donors (Lipinski definition) is 1. The Bertz CT molecular complexity index is 589. The van der Waals surface area contributed by atoms with Gasteiger partial charge in [-0.2, -0.15) is 0 Å². The largest absolute Gasteiger partial charge is 0.468 e. The Kier molecular flexibility index (Phi) is 4.38. The van der Waals surface area contributed by atoms with Crippen molar-refractivity contribution < 1.29 is 14.5 Å². The fourth-order valence-electron chi connectivity index (χ4n) is 2.38. The highest BCUT2D eigenvalue weighted by atomic mass is 35.5. The van der Waals surface area contributed by atoms with Crippen molar-refractivity contribution in [2.45, 2.75) is 38.3 Å². The Balaban J connectivity index is 2.24. The van der Waals surface area contributed by atoms with E-state index >= 15 is 0 Å². The number of rotatable bonds is 5. The minimum Gasteiger partial charge on any atom is -0.468 e. The molecule has 9 heteroatoms. The van der Waals surface area contributed by atoms with Crippen LogP contribution in [-0.2, 0) is 16.1 Å². The Labute approximate surface area is 126 Å². The van der Waals surface area contributed by atoms with Crippen LogP contribution in [0.4, 0.5) is 5.69 Å². The maximum Gasteiger partial charge on any atom is 0.326 e. The summed E-state index contributed by atoms with van der Waals surface area (Å²) in [5.74, 6) is -0.367. The summed E-state index contributed by atoms with van der Waals surface area (Å²) in [6.45, 7) is 1.54. The summed E-state index contributed by atoms with van der Waals surface area (Å²) in [4.78, 5) is 30.1. The molecule has 0 amide bonds. The smallest absolute Gasteiger partial charge is 0.326 e. The third-order valence-electron chi connectivity index (χ3n) is 3.66. The number of methoxy groups -OCH3 is 1. The van der Waals surface area contributed by atoms with E-state index in [9.17, 15) is 14.9 Å². The van der Waals surface area contributed by atoms with Crippen LogP contribution < -0.4 is 5.32 Å². The number of halogens is 1. The van der Waals surface area contributed by atoms with E-state index in [1.54, 1.807) is 0 Å². The van der Waals surface area contributed by atoms with E-state index < -0.39 is 10.5 Å². The van der Waals surface area contributed by atoms with Crippen LogP contribution in [0.25, 0.3) is 0 Å². The van der Waals surface area contributed by atoms with Gasteiger partial charge in [-0.1, -0.05) is 0 Å². The van der Waals surface area contributed by atoms with Crippen LogP contribution in [0.15, 0.2) is 0 Å². The highest BCUT2D eigenvalue weighted by Gasteiger charge is 2.45. The van der Waals surface area contributed by atoms with Gasteiger partial charge < -0.3 is 4.74 Å². The van der Waals surface area contributed by atoms with E-state index in [0.29, 0.717) is 12.8 Å². The van der Waals surface area contributed by atoms with Gasteiger partial charge in [0.05, 0.1) is 12.0 Å². The molecule has 1 fully saturated rings. The van der Waals surface area contributed by atoms with Crippen LogP contribution in [0.1, 0.15) is 30.7 Å². The number of aromatic nitrogens is 2. The summed E-state index contributed by atoms with van der Waals surface area (Å²) in [7, 11) is 1.32. The Morgan fingerprint density at radius 1 is 1.52 bits per heavy atom. The zero-order chi connectivity index (χ0) is 15.6. The molecule has 0 aliphatic heterocycles. The molecule has 1 aromatic rings. The van der Waals surface area contributed by atoms with Crippen molar-refractivity contribution in [3.8, 4) is 0 Å². The highest BCUT2D eigenvalue weighted by molar-refractivity contribution is 6.28. The van der Waals surface area contributed by atoms with E-state index in [-0.39, 0.29) is 34.9 Å². The second-order valence-electron chi connectivity index (χ2n) is 4.91. The standard InChI is InChI=1S/C12H15ClN4O4/c1-7-9(17(19)20)8(16-11(13)15-7)6-14-12(4-3-5-12)10(18)21-2/h14H,3-6H2,1-2H3. The normalized spacial score (nSPS) is 16.1. The lowest BCUT2D eigenvalue weighted by atomic mass is 9.76. The van der Waals surface area contributed by atoms with E-state index in [1.165, 1.54) is 14.0 Å². The van der Waals surface area contributed by atoms with Gasteiger partial charge in [0, 0.05) is 6.54 Å². The molecule has 0 atom stereocenters. The molecule has 0 aromatic carbocycles. The molecule has 1 saturated carbocycles. The van der Waals surface area contributed by atoms with Gasteiger partial charge in [0.25, 0.3) is 0 Å². The number of nitrogens with one attached hydrogen (secondary N) is 1. The molecular weight excluding hydrogens is 300 g/mol. The van der Waals surface area contributed by atoms with Crippen molar-refractivity contribution in [1.29, 1.82) is 0 Å². The first kappa shape index (κ1) is 15.6. The third-order valence-corrected chi connectivity index (χ3v) is 3.83. The average molecular weight is 315 g/mol. The Morgan fingerprint density at radius 2 is 2.19 bits per heavy atom. The monoisotopic (exact) mass is 314 g/mol. The molecule has 1 N–H and O–H groups in total. The fraction of sp³-hybridized carbons (Fsp3) is 0.583. The second kappa shape index (κ2) is 5.90. The number of hydrogen-bond acceptors (Lipinski definition) is 7. The van der Waals surface area contributed by atoms with E-state index in [0.717, 1.165) is 6.42 Å². The predicted molar refractivity (Wildman–Crippen MR) is 73.9 cm³/mol. The van der Waals surface area contributed by atoms with Crippen molar-refractivity contribution in [2.75, 3.05) is 7.11 Å². The molecule has 1 aliphatic rings. The molecule has 0 bridgehead atoms. The molecule has 114 valence electrons. The van der Waals surface area contributed by atoms with Gasteiger partial charge in [-0.25, -0.2) is 9.97 Å². The van der Waals surface area contributed by atoms with Crippen LogP contribution >= 0.6 is 11.6 Å². The summed E-state index contributed by atoms with van der Waals surface area (Å²) in [5, 5.41) is 14.1. The minimum absolute atomic E-state index is 0.0501. The van der Waals surface area contributed by atoms with Crippen molar-refractivity contribution in [3.05, 3.63) is 26.8 Å². The predicted octanol–water partition coefficient (Wildman–Crippen LogP) is 1.53. The quantitative estimate of drug-likeness (QED) is 0.380. The van der Waals surface area contributed by atoms with E-state index in [4.69, 9.17) is 16.3 Å². The van der Waals surface area contributed by atoms with Crippen LogP contribution in [0.2, 0.25) is 5.28 Å². The second-order valence-corrected chi connectivity index (χ2v) is 5.25. The molecule has 0 saturated heterocycles. The maximum absolute atomic E-state index is 11.8. The van der Waals surface area contributed by atoms with Gasteiger partial charge in [0.2, 0.25) is 5.28 Å². The van der Waals surface area contributed by atoms with Gasteiger partial charge >= 0.3 is 11.7 Å². The van der Waals surface area contributed by atoms with Gasteiger partial charge in [0.15, 0.2) is 0 Å². The summed E-state index contributed by atoms with van der Waals surface area (Å²) in [5.41, 5.74) is -0.620. The van der Waals surface area contributed by atoms with Crippen molar-refractivity contribution in [2.24, 2.45) is 0 Å². The lowest BCUT2D eigenvalue weighted by molar-refractivity contribution is -0.386. The number of esters is 1. The molecule has 2 rings (SSSR count). The van der Waals surface area contributed by atoms with Crippen LogP contribution in [0, 0.1) is 17.0 Å². The molecule has 0 unspecified atom stereocenters. The van der Waals surface area contributed by atoms with Gasteiger partial charge in [0.1, 0.15) is 16.9 Å². The first-order chi connectivity index (χ1) is 9.89. The topological polar surface area (TPSA) is 107 Å². The number of carbonyl (C=O) groups is 1. The van der Waals surface area contributed by atoms with Gasteiger partial charge in [-0.05, 0) is 37.8 Å². The first-order valence-corrected chi connectivity index (χ1v) is 6.78. The zero-order valence-corrected chi connectivity index (χ0v) is 12.4. The van der Waals surface area contributed by atoms with Gasteiger partial charge in [-0.3, -0.25) is 20.2 Å². The first-order valence-electron chi connectivity index (χ1n) is 6.40. The molecule has 0 radical (unpaired) electrons. The SMILES string of the molecule is COC(=O)C1(NCc2nc(Cl)nc(C)c2[N+](=O)[O-])CCC1. The molecule has 1 heterocycles. The van der Waals surface area contributed by atoms with E-state index in [2.05, 4.69) is 15.3 Å². The molecule has 0 spiro atoms. The van der Waals surface area contributed by atoms with Crippen LogP contribution in [0.3, 0.4) is 0 Å². The zero-order valence-electron chi connectivity index (χ0n) is 11.7. The third kappa shape index (κ3) is 2.96. The molecule has 1 aromatic heterocycles. The average Bonchev–Trinajstić information content (AvgIpc) is 2.35. The van der Waals surface area contributed by atoms with Gasteiger partial charge in [-0.15, -0.1) is 0 Å². The van der Waals surface area contributed by atoms with Crippen molar-refractivity contribution >= 4 is 23.3 Å². The number of nitrogens with zero attached hydrogens (tertiary/aromatic N) is 3. The maximum atomic E-state index is 11.8. The van der Waals surface area contributed by atoms with Crippen molar-refractivity contribution in [1.82, 2.24) is 15.3 Å². The number of ether oxygens (including phenoxy) is 1. The number of nitro groups is 1. The van der Waals surface area contributed by atoms with Crippen molar-refractivity contribution in [3.63, 3.8) is 0 Å². The van der Waals surface area contributed by atoms with Crippen LogP contribution in [0.5, 0.6) is 0 Å². The lowest BCUT2D eigenvalue weighted by Crippen LogP contribution is -2.57. The minimum atomic E-state index is -0.784. The number of aryl methyl sites for hydroxylation is 1. The summed E-state index contributed by atoms with van der Waals surface area (Å²) in [6, 6.07) is 0. The number of carbonyl (C=O) groups excluding carboxylic acids is 1. The summed E-state index contributed by atoms with van der Waals surface area (Å²) >= 11 is 5.75. The molecule has 21 heavy (non-hydrogen) atoms. The van der Waals surface area contributed by atoms with E-state index in [1.807, 2.05) is 0 Å². The molecule has 1 aliphatic carbocycles. The summed E-state index contributed by atoms with van der Waals surface area (Å²) in [6.07, 6.45) is 2.16. The Morgan fingerprint density at radius 3 is 2.67 bits per heavy atom.